The van der Waals surface area contributed by atoms with Gasteiger partial charge >= 0.3 is 5.97 Å². The van der Waals surface area contributed by atoms with Gasteiger partial charge in [-0.05, 0) is 38.0 Å². The fraction of sp³-hybridized carbons (Fsp3) is 0.773. The number of hydrogen-bond donors (Lipinski definition) is 8. The molecule has 11 N–H and O–H groups in total. The summed E-state index contributed by atoms with van der Waals surface area (Å²) in [7, 11) is 0. The molecule has 0 heterocycles. The van der Waals surface area contributed by atoms with Crippen molar-refractivity contribution in [3.63, 3.8) is 0 Å². The number of nitrogens with two attached hydrogens (primary N) is 3. The smallest absolute Gasteiger partial charge is 0.326 e. The van der Waals surface area contributed by atoms with Crippen molar-refractivity contribution in [3.8, 4) is 0 Å². The number of aliphatic carboxylic acids is 1. The first-order valence-corrected chi connectivity index (χ1v) is 11.8. The molecule has 13 heteroatoms. The van der Waals surface area contributed by atoms with E-state index in [0.717, 1.165) is 0 Å². The minimum Gasteiger partial charge on any atom is -0.480 e. The zero-order valence-corrected chi connectivity index (χ0v) is 21.3. The van der Waals surface area contributed by atoms with E-state index in [9.17, 15) is 29.4 Å². The van der Waals surface area contributed by atoms with Gasteiger partial charge in [-0.15, -0.1) is 0 Å². The lowest BCUT2D eigenvalue weighted by Crippen LogP contribution is -2.59. The van der Waals surface area contributed by atoms with Crippen LogP contribution < -0.4 is 33.2 Å². The van der Waals surface area contributed by atoms with E-state index in [2.05, 4.69) is 20.9 Å². The summed E-state index contributed by atoms with van der Waals surface area (Å²) in [5, 5.41) is 26.7. The number of hydrogen-bond acceptors (Lipinski definition) is 7. The molecular formula is C22H43N7O6. The van der Waals surface area contributed by atoms with Crippen LogP contribution >= 0.6 is 0 Å². The number of carboxylic acids is 1. The minimum atomic E-state index is -1.23. The summed E-state index contributed by atoms with van der Waals surface area (Å²) in [6.45, 7) is 8.87. The summed E-state index contributed by atoms with van der Waals surface area (Å²) in [4.78, 5) is 53.8. The first-order chi connectivity index (χ1) is 16.2. The lowest BCUT2D eigenvalue weighted by molar-refractivity contribution is -0.143. The lowest BCUT2D eigenvalue weighted by Gasteiger charge is -2.29. The Kier molecular flexibility index (Phi) is 14.5. The molecule has 0 aliphatic rings. The van der Waals surface area contributed by atoms with Gasteiger partial charge in [-0.25, -0.2) is 4.79 Å². The molecule has 0 bridgehead atoms. The summed E-state index contributed by atoms with van der Waals surface area (Å²) in [6, 6.07) is -4.46. The van der Waals surface area contributed by atoms with E-state index in [1.165, 1.54) is 6.92 Å². The lowest BCUT2D eigenvalue weighted by atomic mass is 9.96. The number of nitrogens with one attached hydrogen (secondary N) is 3. The highest BCUT2D eigenvalue weighted by Gasteiger charge is 2.33. The molecule has 0 fully saturated rings. The summed E-state index contributed by atoms with van der Waals surface area (Å²) < 4.78 is 0. The minimum absolute atomic E-state index is 0.0197. The van der Waals surface area contributed by atoms with Crippen LogP contribution in [0.3, 0.4) is 0 Å². The molecule has 13 nitrogen and oxygen atoms in total. The predicted octanol–water partition coefficient (Wildman–Crippen LogP) is -1.62. The Morgan fingerprint density at radius 2 is 1.49 bits per heavy atom. The van der Waals surface area contributed by atoms with Gasteiger partial charge in [-0.3, -0.25) is 19.4 Å². The van der Waals surface area contributed by atoms with E-state index in [4.69, 9.17) is 17.2 Å². The zero-order valence-electron chi connectivity index (χ0n) is 21.3. The van der Waals surface area contributed by atoms with Crippen molar-refractivity contribution in [3.05, 3.63) is 0 Å². The number of aliphatic hydroxyl groups excluding tert-OH is 1. The second-order valence-electron chi connectivity index (χ2n) is 9.18. The molecule has 0 radical (unpaired) electrons. The Hall–Kier alpha value is -2.93. The van der Waals surface area contributed by atoms with Crippen LogP contribution in [0.2, 0.25) is 0 Å². The Labute approximate surface area is 206 Å². The number of aliphatic imine (C=N–C) groups is 1. The number of amides is 3. The molecule has 6 unspecified atom stereocenters. The summed E-state index contributed by atoms with van der Waals surface area (Å²) in [6.07, 6.45) is 0.0800. The van der Waals surface area contributed by atoms with E-state index >= 15 is 0 Å². The molecule has 0 saturated carbocycles. The van der Waals surface area contributed by atoms with E-state index in [1.54, 1.807) is 6.92 Å². The Morgan fingerprint density at radius 1 is 0.914 bits per heavy atom. The van der Waals surface area contributed by atoms with Gasteiger partial charge < -0.3 is 43.4 Å². The van der Waals surface area contributed by atoms with Gasteiger partial charge in [0.1, 0.15) is 24.2 Å². The summed E-state index contributed by atoms with van der Waals surface area (Å²) >= 11 is 0. The predicted molar refractivity (Wildman–Crippen MR) is 132 cm³/mol. The number of carboxylic acid groups (broad SMARTS) is 1. The molecule has 0 aliphatic heterocycles. The largest absolute Gasteiger partial charge is 0.480 e. The zero-order chi connectivity index (χ0) is 27.3. The maximum Gasteiger partial charge on any atom is 0.326 e. The highest BCUT2D eigenvalue weighted by molar-refractivity contribution is 5.94. The van der Waals surface area contributed by atoms with Crippen molar-refractivity contribution in [2.24, 2.45) is 34.0 Å². The third-order valence-electron chi connectivity index (χ3n) is 5.52. The van der Waals surface area contributed by atoms with Crippen LogP contribution in [0.4, 0.5) is 0 Å². The molecule has 0 spiro atoms. The summed E-state index contributed by atoms with van der Waals surface area (Å²) in [5.74, 6) is -3.61. The molecule has 6 atom stereocenters. The molecule has 0 saturated heterocycles. The highest BCUT2D eigenvalue weighted by Crippen LogP contribution is 2.12. The SMILES string of the molecule is CCC(C)C(NC(=O)C(CC(C)C)NC(=O)C(N)C(C)O)C(=O)NC(CCCN=C(N)N)C(=O)O. The van der Waals surface area contributed by atoms with E-state index in [0.29, 0.717) is 12.8 Å². The quantitative estimate of drug-likeness (QED) is 0.0688. The van der Waals surface area contributed by atoms with Crippen LogP contribution in [0.5, 0.6) is 0 Å². The fourth-order valence-electron chi connectivity index (χ4n) is 3.17. The van der Waals surface area contributed by atoms with E-state index in [-0.39, 0.29) is 37.2 Å². The van der Waals surface area contributed by atoms with Gasteiger partial charge in [-0.2, -0.15) is 0 Å². The molecule has 0 rings (SSSR count). The maximum atomic E-state index is 13.1. The van der Waals surface area contributed by atoms with Gasteiger partial charge in [0.15, 0.2) is 5.96 Å². The number of aliphatic hydroxyl groups is 1. The second kappa shape index (κ2) is 15.9. The van der Waals surface area contributed by atoms with E-state index < -0.39 is 54.0 Å². The normalized spacial score (nSPS) is 16.2. The average molecular weight is 502 g/mol. The number of guanidine groups is 1. The van der Waals surface area contributed by atoms with Crippen molar-refractivity contribution >= 4 is 29.7 Å². The average Bonchev–Trinajstić information content (AvgIpc) is 2.76. The Morgan fingerprint density at radius 3 is 1.94 bits per heavy atom. The van der Waals surface area contributed by atoms with Crippen LogP contribution in [-0.4, -0.2) is 76.7 Å². The Bertz CT molecular complexity index is 740. The molecule has 0 aromatic carbocycles. The van der Waals surface area contributed by atoms with Crippen molar-refractivity contribution in [1.29, 1.82) is 0 Å². The van der Waals surface area contributed by atoms with Crippen molar-refractivity contribution in [1.82, 2.24) is 16.0 Å². The van der Waals surface area contributed by atoms with Crippen molar-refractivity contribution in [2.45, 2.75) is 90.6 Å². The topological polar surface area (TPSA) is 235 Å². The third kappa shape index (κ3) is 12.4. The van der Waals surface area contributed by atoms with Gasteiger partial charge in [0.05, 0.1) is 6.10 Å². The maximum absolute atomic E-state index is 13.1. The van der Waals surface area contributed by atoms with E-state index in [1.807, 2.05) is 20.8 Å². The van der Waals surface area contributed by atoms with Crippen LogP contribution in [0.15, 0.2) is 4.99 Å². The molecule has 0 aliphatic carbocycles. The molecule has 202 valence electrons. The number of rotatable bonds is 16. The number of carbonyl (C=O) groups is 4. The van der Waals surface area contributed by atoms with Gasteiger partial charge in [-0.1, -0.05) is 34.1 Å². The molecular weight excluding hydrogens is 458 g/mol. The van der Waals surface area contributed by atoms with Crippen molar-refractivity contribution in [2.75, 3.05) is 6.54 Å². The first-order valence-electron chi connectivity index (χ1n) is 11.8. The van der Waals surface area contributed by atoms with Crippen LogP contribution in [0.1, 0.15) is 60.3 Å². The standard InChI is InChI=1S/C22H43N7O6/c1-6-12(4)17(20(33)27-14(21(34)35)8-7-9-26-22(24)25)29-18(31)15(10-11(2)3)28-19(32)16(23)13(5)30/h11-17,30H,6-10,23H2,1-5H3,(H,27,33)(H,28,32)(H,29,31)(H,34,35)(H4,24,25,26). The van der Waals surface area contributed by atoms with Crippen LogP contribution in [-0.2, 0) is 19.2 Å². The molecule has 35 heavy (non-hydrogen) atoms. The van der Waals surface area contributed by atoms with Crippen LogP contribution in [0.25, 0.3) is 0 Å². The second-order valence-corrected chi connectivity index (χ2v) is 9.18. The third-order valence-corrected chi connectivity index (χ3v) is 5.52. The van der Waals surface area contributed by atoms with Gasteiger partial charge in [0, 0.05) is 6.54 Å². The van der Waals surface area contributed by atoms with Crippen molar-refractivity contribution < 1.29 is 29.4 Å². The number of nitrogens with zero attached hydrogens (tertiary/aromatic N) is 1. The van der Waals surface area contributed by atoms with Gasteiger partial charge in [0.25, 0.3) is 0 Å². The number of carbonyl (C=O) groups excluding carboxylic acids is 3. The van der Waals surface area contributed by atoms with Gasteiger partial charge in [0.2, 0.25) is 17.7 Å². The summed E-state index contributed by atoms with van der Waals surface area (Å²) in [5.41, 5.74) is 16.2. The fourth-order valence-corrected chi connectivity index (χ4v) is 3.17. The molecule has 3 amide bonds. The highest BCUT2D eigenvalue weighted by atomic mass is 16.4. The van der Waals surface area contributed by atoms with Crippen LogP contribution in [0, 0.1) is 11.8 Å². The molecule has 0 aromatic heterocycles. The molecule has 0 aromatic rings. The Balaban J connectivity index is 5.52. The monoisotopic (exact) mass is 501 g/mol. The first kappa shape index (κ1) is 32.1.